The molecule has 0 aromatic carbocycles. The van der Waals surface area contributed by atoms with Gasteiger partial charge in [0, 0.05) is 11.8 Å². The highest BCUT2D eigenvalue weighted by molar-refractivity contribution is 6.48. The molecule has 52 valence electrons. The molecular weight excluding hydrogens is 162 g/mol. The van der Waals surface area contributed by atoms with Gasteiger partial charge in [0.2, 0.25) is 0 Å². The number of hydrogen-bond acceptors (Lipinski definition) is 2. The van der Waals surface area contributed by atoms with Crippen molar-refractivity contribution < 1.29 is 10.0 Å². The molecular formula is C4H7BCl2O2. The Kier molecular flexibility index (Phi) is 5.29. The molecule has 0 amide bonds. The van der Waals surface area contributed by atoms with Crippen molar-refractivity contribution in [3.05, 3.63) is 11.5 Å². The third kappa shape index (κ3) is 4.79. The Labute approximate surface area is 64.2 Å². The van der Waals surface area contributed by atoms with E-state index < -0.39 is 7.12 Å². The van der Waals surface area contributed by atoms with E-state index in [1.165, 1.54) is 5.98 Å². The molecule has 2 N–H and O–H groups in total. The first-order chi connectivity index (χ1) is 4.20. The summed E-state index contributed by atoms with van der Waals surface area (Å²) in [4.78, 5) is 0. The third-order valence-electron chi connectivity index (χ3n) is 0.728. The van der Waals surface area contributed by atoms with Gasteiger partial charge in [-0.2, -0.15) is 0 Å². The molecule has 9 heavy (non-hydrogen) atoms. The number of alkyl halides is 2. The number of hydrogen-bond donors (Lipinski definition) is 2. The summed E-state index contributed by atoms with van der Waals surface area (Å²) in [5, 5.41) is 16.7. The number of rotatable bonds is 3. The summed E-state index contributed by atoms with van der Waals surface area (Å²) in [6, 6.07) is 0. The third-order valence-corrected chi connectivity index (χ3v) is 1.41. The minimum atomic E-state index is -1.45. The molecule has 0 radical (unpaired) electrons. The first-order valence-electron chi connectivity index (χ1n) is 2.38. The highest BCUT2D eigenvalue weighted by Crippen LogP contribution is 1.99. The van der Waals surface area contributed by atoms with Crippen LogP contribution in [0.15, 0.2) is 11.5 Å². The minimum absolute atomic E-state index is 0.237. The Balaban J connectivity index is 3.75. The van der Waals surface area contributed by atoms with Crippen LogP contribution in [0, 0.1) is 0 Å². The van der Waals surface area contributed by atoms with Gasteiger partial charge in [-0.3, -0.25) is 0 Å². The molecule has 0 bridgehead atoms. The maximum absolute atomic E-state index is 8.35. The SMILES string of the molecule is OB(O)C=C(CCl)CCl. The van der Waals surface area contributed by atoms with Gasteiger partial charge < -0.3 is 10.0 Å². The molecule has 0 aliphatic heterocycles. The predicted octanol–water partition coefficient (Wildman–Crippen LogP) is 0.402. The molecule has 0 fully saturated rings. The van der Waals surface area contributed by atoms with Crippen LogP contribution in [-0.2, 0) is 0 Å². The Hall–Kier alpha value is 0.305. The van der Waals surface area contributed by atoms with Gasteiger partial charge in [0.05, 0.1) is 0 Å². The van der Waals surface area contributed by atoms with E-state index in [2.05, 4.69) is 0 Å². The summed E-state index contributed by atoms with van der Waals surface area (Å²) in [6.07, 6.45) is 0. The summed E-state index contributed by atoms with van der Waals surface area (Å²) in [5.41, 5.74) is 0.619. The fourth-order valence-corrected chi connectivity index (χ4v) is 0.800. The van der Waals surface area contributed by atoms with Gasteiger partial charge in [-0.15, -0.1) is 23.2 Å². The maximum Gasteiger partial charge on any atom is 0.480 e. The van der Waals surface area contributed by atoms with E-state index in [1.807, 2.05) is 0 Å². The first-order valence-corrected chi connectivity index (χ1v) is 3.45. The molecule has 0 aromatic heterocycles. The largest absolute Gasteiger partial charge is 0.480 e. The van der Waals surface area contributed by atoms with Gasteiger partial charge in [-0.1, -0.05) is 5.98 Å². The highest BCUT2D eigenvalue weighted by atomic mass is 35.5. The molecule has 0 aromatic rings. The van der Waals surface area contributed by atoms with Gasteiger partial charge in [0.25, 0.3) is 0 Å². The molecule has 0 spiro atoms. The standard InChI is InChI=1S/C4H7BCl2O2/c6-2-4(3-7)1-5(8)9/h1,8-9H,2-3H2. The molecule has 2 nitrogen and oxygen atoms in total. The predicted molar refractivity (Wildman–Crippen MR) is 39.7 cm³/mol. The molecule has 0 saturated carbocycles. The monoisotopic (exact) mass is 168 g/mol. The van der Waals surface area contributed by atoms with Gasteiger partial charge in [0.1, 0.15) is 0 Å². The van der Waals surface area contributed by atoms with Crippen LogP contribution >= 0.6 is 23.2 Å². The highest BCUT2D eigenvalue weighted by Gasteiger charge is 2.02. The van der Waals surface area contributed by atoms with Crippen LogP contribution in [-0.4, -0.2) is 28.9 Å². The average Bonchev–Trinajstić information content (AvgIpc) is 1.82. The smallest absolute Gasteiger partial charge is 0.424 e. The lowest BCUT2D eigenvalue weighted by Gasteiger charge is -1.94. The second-order valence-electron chi connectivity index (χ2n) is 1.51. The van der Waals surface area contributed by atoms with Gasteiger partial charge in [-0.05, 0) is 5.57 Å². The zero-order chi connectivity index (χ0) is 7.28. The van der Waals surface area contributed by atoms with Crippen molar-refractivity contribution in [1.29, 1.82) is 0 Å². The fraction of sp³-hybridized carbons (Fsp3) is 0.500. The van der Waals surface area contributed by atoms with Crippen LogP contribution in [0.5, 0.6) is 0 Å². The normalized spacial score (nSPS) is 8.89. The van der Waals surface area contributed by atoms with E-state index in [9.17, 15) is 0 Å². The lowest BCUT2D eigenvalue weighted by atomic mass is 9.89. The molecule has 0 saturated heterocycles. The van der Waals surface area contributed by atoms with E-state index >= 15 is 0 Å². The quantitative estimate of drug-likeness (QED) is 0.474. The maximum atomic E-state index is 8.35. The van der Waals surface area contributed by atoms with Crippen LogP contribution in [0.1, 0.15) is 0 Å². The Bertz CT molecular complexity index is 98.7. The van der Waals surface area contributed by atoms with Crippen LogP contribution < -0.4 is 0 Å². The molecule has 0 aliphatic carbocycles. The Morgan fingerprint density at radius 2 is 1.78 bits per heavy atom. The Morgan fingerprint density at radius 3 is 1.89 bits per heavy atom. The summed E-state index contributed by atoms with van der Waals surface area (Å²) in [7, 11) is -1.45. The van der Waals surface area contributed by atoms with E-state index in [-0.39, 0.29) is 11.8 Å². The lowest BCUT2D eigenvalue weighted by molar-refractivity contribution is 0.424. The van der Waals surface area contributed by atoms with E-state index in [1.54, 1.807) is 0 Å². The van der Waals surface area contributed by atoms with Crippen molar-refractivity contribution in [1.82, 2.24) is 0 Å². The molecule has 0 rings (SSSR count). The number of halogens is 2. The second-order valence-corrected chi connectivity index (χ2v) is 2.04. The first kappa shape index (κ1) is 9.30. The topological polar surface area (TPSA) is 40.5 Å². The molecule has 5 heteroatoms. The summed E-state index contributed by atoms with van der Waals surface area (Å²) < 4.78 is 0. The summed E-state index contributed by atoms with van der Waals surface area (Å²) in [5.74, 6) is 1.68. The Morgan fingerprint density at radius 1 is 1.33 bits per heavy atom. The van der Waals surface area contributed by atoms with Gasteiger partial charge >= 0.3 is 7.12 Å². The number of allylic oxidation sites excluding steroid dienone is 1. The second kappa shape index (κ2) is 5.12. The fourth-order valence-electron chi connectivity index (χ4n) is 0.336. The van der Waals surface area contributed by atoms with Crippen molar-refractivity contribution >= 4 is 30.3 Å². The van der Waals surface area contributed by atoms with E-state index in [4.69, 9.17) is 33.2 Å². The van der Waals surface area contributed by atoms with Crippen LogP contribution in [0.2, 0.25) is 0 Å². The zero-order valence-electron chi connectivity index (χ0n) is 4.72. The minimum Gasteiger partial charge on any atom is -0.424 e. The van der Waals surface area contributed by atoms with Crippen molar-refractivity contribution in [2.75, 3.05) is 11.8 Å². The van der Waals surface area contributed by atoms with E-state index in [0.717, 1.165) is 0 Å². The van der Waals surface area contributed by atoms with Gasteiger partial charge in [0.15, 0.2) is 0 Å². The van der Waals surface area contributed by atoms with Crippen LogP contribution in [0.25, 0.3) is 0 Å². The molecule has 0 atom stereocenters. The molecule has 0 unspecified atom stereocenters. The van der Waals surface area contributed by atoms with Crippen LogP contribution in [0.4, 0.5) is 0 Å². The van der Waals surface area contributed by atoms with Crippen molar-refractivity contribution in [2.24, 2.45) is 0 Å². The van der Waals surface area contributed by atoms with E-state index in [0.29, 0.717) is 5.57 Å². The lowest BCUT2D eigenvalue weighted by Crippen LogP contribution is -2.08. The average molecular weight is 169 g/mol. The molecule has 0 heterocycles. The molecule has 0 aliphatic rings. The summed E-state index contributed by atoms with van der Waals surface area (Å²) in [6.45, 7) is 0. The van der Waals surface area contributed by atoms with Crippen molar-refractivity contribution in [3.8, 4) is 0 Å². The van der Waals surface area contributed by atoms with Crippen LogP contribution in [0.3, 0.4) is 0 Å². The van der Waals surface area contributed by atoms with Crippen molar-refractivity contribution in [2.45, 2.75) is 0 Å². The zero-order valence-corrected chi connectivity index (χ0v) is 6.23. The van der Waals surface area contributed by atoms with Crippen molar-refractivity contribution in [3.63, 3.8) is 0 Å². The summed E-state index contributed by atoms with van der Waals surface area (Å²) >= 11 is 10.7. The van der Waals surface area contributed by atoms with Gasteiger partial charge in [-0.25, -0.2) is 0 Å².